The molecule has 0 spiro atoms. The third kappa shape index (κ3) is 1.81. The van der Waals surface area contributed by atoms with E-state index in [9.17, 15) is 0 Å². The number of hydrogen-bond donors (Lipinski definition) is 0. The van der Waals surface area contributed by atoms with Gasteiger partial charge in [0.2, 0.25) is 0 Å². The molecule has 0 aliphatic heterocycles. The summed E-state index contributed by atoms with van der Waals surface area (Å²) in [6, 6.07) is 0. The fourth-order valence-electron chi connectivity index (χ4n) is 1.14. The second-order valence-electron chi connectivity index (χ2n) is 5.16. The van der Waals surface area contributed by atoms with Gasteiger partial charge in [0.1, 0.15) is 0 Å². The van der Waals surface area contributed by atoms with E-state index in [1.807, 2.05) is 0 Å². The smallest absolute Gasteiger partial charge is 0.0868 e. The van der Waals surface area contributed by atoms with Gasteiger partial charge in [0, 0.05) is 10.1 Å². The van der Waals surface area contributed by atoms with Crippen LogP contribution in [0.1, 0.15) is 27.7 Å². The van der Waals surface area contributed by atoms with E-state index >= 15 is 0 Å². The van der Waals surface area contributed by atoms with Crippen molar-refractivity contribution in [2.45, 2.75) is 50.9 Å². The van der Waals surface area contributed by atoms with Crippen LogP contribution >= 0.6 is 0 Å². The predicted molar refractivity (Wildman–Crippen MR) is 63.2 cm³/mol. The standard InChI is InChI=1S/C12H20Si/c1-9-11(3,4)13(7,8)12(5,6)10-2/h1-2H,3-8H3. The Hall–Kier alpha value is -0.663. The largest absolute Gasteiger partial charge is 0.120 e. The summed E-state index contributed by atoms with van der Waals surface area (Å²) in [6.07, 6.45) is 11.1. The van der Waals surface area contributed by atoms with Crippen LogP contribution in [0, 0.1) is 24.7 Å². The monoisotopic (exact) mass is 192 g/mol. The Bertz CT molecular complexity index is 240. The molecule has 0 nitrogen and oxygen atoms in total. The molecular formula is C12H20Si. The Morgan fingerprint density at radius 2 is 1.08 bits per heavy atom. The van der Waals surface area contributed by atoms with E-state index in [1.54, 1.807) is 0 Å². The summed E-state index contributed by atoms with van der Waals surface area (Å²) >= 11 is 0. The van der Waals surface area contributed by atoms with Gasteiger partial charge >= 0.3 is 0 Å². The second-order valence-corrected chi connectivity index (χ2v) is 10.9. The molecule has 13 heavy (non-hydrogen) atoms. The van der Waals surface area contributed by atoms with Crippen molar-refractivity contribution in [2.24, 2.45) is 0 Å². The second kappa shape index (κ2) is 3.24. The first-order valence-corrected chi connectivity index (χ1v) is 7.58. The fourth-order valence-corrected chi connectivity index (χ4v) is 3.43. The van der Waals surface area contributed by atoms with Gasteiger partial charge in [0.05, 0.1) is 8.07 Å². The Kier molecular flexibility index (Phi) is 3.07. The number of rotatable bonds is 2. The lowest BCUT2D eigenvalue weighted by Crippen LogP contribution is -2.47. The molecule has 0 atom stereocenters. The fraction of sp³-hybridized carbons (Fsp3) is 0.667. The van der Waals surface area contributed by atoms with Crippen LogP contribution in [0.4, 0.5) is 0 Å². The summed E-state index contributed by atoms with van der Waals surface area (Å²) in [6.45, 7) is 13.0. The molecule has 0 unspecified atom stereocenters. The molecule has 0 aromatic rings. The van der Waals surface area contributed by atoms with E-state index in [0.29, 0.717) is 0 Å². The molecule has 0 heterocycles. The third-order valence-electron chi connectivity index (χ3n) is 3.85. The van der Waals surface area contributed by atoms with E-state index in [1.165, 1.54) is 0 Å². The molecule has 0 N–H and O–H groups in total. The van der Waals surface area contributed by atoms with E-state index in [4.69, 9.17) is 12.8 Å². The SMILES string of the molecule is C#CC(C)(C)[Si](C)(C)C(C)(C)C#C. The molecular weight excluding hydrogens is 172 g/mol. The van der Waals surface area contributed by atoms with E-state index in [0.717, 1.165) is 0 Å². The summed E-state index contributed by atoms with van der Waals surface area (Å²) in [7, 11) is -1.63. The average Bonchev–Trinajstić information content (AvgIpc) is 2.03. The average molecular weight is 192 g/mol. The zero-order valence-corrected chi connectivity index (χ0v) is 10.7. The van der Waals surface area contributed by atoms with Gasteiger partial charge in [0.15, 0.2) is 0 Å². The highest BCUT2D eigenvalue weighted by atomic mass is 28.3. The van der Waals surface area contributed by atoms with Crippen molar-refractivity contribution in [2.75, 3.05) is 0 Å². The molecule has 0 rings (SSSR count). The summed E-state index contributed by atoms with van der Waals surface area (Å²) in [5.74, 6) is 5.78. The molecule has 0 saturated carbocycles. The first-order chi connectivity index (χ1) is 5.62. The Morgan fingerprint density at radius 3 is 1.23 bits per heavy atom. The maximum Gasteiger partial charge on any atom is 0.0868 e. The molecule has 1 heteroatoms. The van der Waals surface area contributed by atoms with Crippen LogP contribution in [0.25, 0.3) is 0 Å². The van der Waals surface area contributed by atoms with Crippen LogP contribution in [-0.2, 0) is 0 Å². The molecule has 0 saturated heterocycles. The molecule has 0 aliphatic rings. The minimum atomic E-state index is -1.63. The van der Waals surface area contributed by atoms with Crippen LogP contribution in [0.2, 0.25) is 23.2 Å². The lowest BCUT2D eigenvalue weighted by atomic mass is 10.2. The van der Waals surface area contributed by atoms with Crippen LogP contribution in [0.3, 0.4) is 0 Å². The minimum Gasteiger partial charge on any atom is -0.120 e. The number of hydrogen-bond acceptors (Lipinski definition) is 0. The summed E-state index contributed by atoms with van der Waals surface area (Å²) in [4.78, 5) is 0. The lowest BCUT2D eigenvalue weighted by Gasteiger charge is -2.45. The van der Waals surface area contributed by atoms with Gasteiger partial charge in [-0.1, -0.05) is 40.8 Å². The van der Waals surface area contributed by atoms with Crippen molar-refractivity contribution in [1.82, 2.24) is 0 Å². The van der Waals surface area contributed by atoms with Crippen LogP contribution in [0.5, 0.6) is 0 Å². The molecule has 0 bridgehead atoms. The van der Waals surface area contributed by atoms with Gasteiger partial charge in [-0.2, -0.15) is 0 Å². The Labute approximate surface area is 84.1 Å². The first kappa shape index (κ1) is 12.3. The van der Waals surface area contributed by atoms with Gasteiger partial charge in [-0.3, -0.25) is 0 Å². The van der Waals surface area contributed by atoms with Gasteiger partial charge < -0.3 is 0 Å². The molecule has 72 valence electrons. The van der Waals surface area contributed by atoms with Crippen molar-refractivity contribution in [3.8, 4) is 24.7 Å². The maximum atomic E-state index is 5.56. The number of terminal acetylenes is 2. The van der Waals surface area contributed by atoms with Crippen molar-refractivity contribution >= 4 is 8.07 Å². The minimum absolute atomic E-state index is 0.0527. The molecule has 0 amide bonds. The highest BCUT2D eigenvalue weighted by Gasteiger charge is 2.48. The van der Waals surface area contributed by atoms with Crippen molar-refractivity contribution in [3.63, 3.8) is 0 Å². The maximum absolute atomic E-state index is 5.56. The van der Waals surface area contributed by atoms with Gasteiger partial charge in [-0.15, -0.1) is 24.7 Å². The molecule has 0 radical (unpaired) electrons. The summed E-state index contributed by atoms with van der Waals surface area (Å²) in [5, 5.41) is -0.105. The van der Waals surface area contributed by atoms with Crippen molar-refractivity contribution < 1.29 is 0 Å². The molecule has 0 fully saturated rings. The molecule has 0 aromatic carbocycles. The molecule has 0 aliphatic carbocycles. The lowest BCUT2D eigenvalue weighted by molar-refractivity contribution is 0.735. The third-order valence-corrected chi connectivity index (χ3v) is 10.4. The van der Waals surface area contributed by atoms with Crippen molar-refractivity contribution in [3.05, 3.63) is 0 Å². The van der Waals surface area contributed by atoms with Crippen molar-refractivity contribution in [1.29, 1.82) is 0 Å². The normalized spacial score (nSPS) is 13.2. The molecule has 0 aromatic heterocycles. The van der Waals surface area contributed by atoms with Gasteiger partial charge in [-0.05, 0) is 0 Å². The summed E-state index contributed by atoms with van der Waals surface area (Å²) < 4.78 is 0. The zero-order valence-electron chi connectivity index (χ0n) is 9.65. The van der Waals surface area contributed by atoms with E-state index in [-0.39, 0.29) is 10.1 Å². The predicted octanol–water partition coefficient (Wildman–Crippen LogP) is 3.52. The highest BCUT2D eigenvalue weighted by Crippen LogP contribution is 2.50. The Balaban J connectivity index is 5.26. The highest BCUT2D eigenvalue weighted by molar-refractivity contribution is 6.84. The van der Waals surface area contributed by atoms with Crippen LogP contribution < -0.4 is 0 Å². The van der Waals surface area contributed by atoms with Gasteiger partial charge in [0.25, 0.3) is 0 Å². The first-order valence-electron chi connectivity index (χ1n) is 4.58. The zero-order chi connectivity index (χ0) is 10.9. The topological polar surface area (TPSA) is 0 Å². The van der Waals surface area contributed by atoms with Crippen LogP contribution in [-0.4, -0.2) is 8.07 Å². The summed E-state index contributed by atoms with van der Waals surface area (Å²) in [5.41, 5.74) is 0. The quantitative estimate of drug-likeness (QED) is 0.464. The van der Waals surface area contributed by atoms with E-state index in [2.05, 4.69) is 52.6 Å². The van der Waals surface area contributed by atoms with Crippen LogP contribution in [0.15, 0.2) is 0 Å². The Morgan fingerprint density at radius 1 is 0.846 bits per heavy atom. The van der Waals surface area contributed by atoms with Gasteiger partial charge in [-0.25, -0.2) is 0 Å². The van der Waals surface area contributed by atoms with E-state index < -0.39 is 8.07 Å².